The fraction of sp³-hybridized carbons (Fsp3) is 0.300. The number of carbonyl (C=O) groups is 2. The fourth-order valence-corrected chi connectivity index (χ4v) is 2.60. The molecule has 27 heavy (non-hydrogen) atoms. The van der Waals surface area contributed by atoms with E-state index in [-0.39, 0.29) is 5.91 Å². The lowest BCUT2D eigenvalue weighted by atomic mass is 10.1. The molecule has 7 heteroatoms. The molecule has 0 spiro atoms. The highest BCUT2D eigenvalue weighted by atomic mass is 16.6. The summed E-state index contributed by atoms with van der Waals surface area (Å²) < 4.78 is 16.2. The molecule has 0 saturated heterocycles. The number of rotatable bonds is 4. The second kappa shape index (κ2) is 8.44. The van der Waals surface area contributed by atoms with Crippen molar-refractivity contribution in [1.82, 2.24) is 0 Å². The van der Waals surface area contributed by atoms with Crippen molar-refractivity contribution in [2.45, 2.75) is 13.3 Å². The van der Waals surface area contributed by atoms with Gasteiger partial charge in [-0.1, -0.05) is 0 Å². The van der Waals surface area contributed by atoms with E-state index >= 15 is 0 Å². The minimum Gasteiger partial charge on any atom is -0.490 e. The van der Waals surface area contributed by atoms with Crippen LogP contribution in [0.25, 0.3) is 0 Å². The van der Waals surface area contributed by atoms with Gasteiger partial charge in [0.15, 0.2) is 11.5 Å². The molecule has 0 bridgehead atoms. The minimum atomic E-state index is -0.429. The van der Waals surface area contributed by atoms with E-state index in [1.54, 1.807) is 56.4 Å². The van der Waals surface area contributed by atoms with Gasteiger partial charge in [-0.3, -0.25) is 9.69 Å². The van der Waals surface area contributed by atoms with Crippen LogP contribution in [0.2, 0.25) is 0 Å². The SMILES string of the molecule is CCOC(=O)N(C)c1ccc(NC(=O)c2ccc3c(c2)OCCCO3)cc1. The zero-order valence-corrected chi connectivity index (χ0v) is 15.4. The second-order valence-corrected chi connectivity index (χ2v) is 5.97. The molecule has 142 valence electrons. The van der Waals surface area contributed by atoms with Gasteiger partial charge in [0.2, 0.25) is 0 Å². The van der Waals surface area contributed by atoms with Crippen LogP contribution in [0.1, 0.15) is 23.7 Å². The smallest absolute Gasteiger partial charge is 0.413 e. The lowest BCUT2D eigenvalue weighted by Gasteiger charge is -2.17. The zero-order chi connectivity index (χ0) is 19.2. The van der Waals surface area contributed by atoms with Crippen molar-refractivity contribution in [2.75, 3.05) is 37.1 Å². The Hall–Kier alpha value is -3.22. The maximum atomic E-state index is 12.5. The van der Waals surface area contributed by atoms with Gasteiger partial charge in [0.05, 0.1) is 19.8 Å². The average Bonchev–Trinajstić information content (AvgIpc) is 2.93. The Kier molecular flexibility index (Phi) is 5.80. The monoisotopic (exact) mass is 370 g/mol. The maximum Gasteiger partial charge on any atom is 0.413 e. The molecule has 0 aliphatic carbocycles. The Morgan fingerprint density at radius 1 is 1.07 bits per heavy atom. The number of ether oxygens (including phenoxy) is 3. The van der Waals surface area contributed by atoms with Crippen LogP contribution in [0, 0.1) is 0 Å². The molecule has 0 atom stereocenters. The summed E-state index contributed by atoms with van der Waals surface area (Å²) in [6.07, 6.45) is 0.379. The standard InChI is InChI=1S/C20H22N2O5/c1-3-25-20(24)22(2)16-8-6-15(7-9-16)21-19(23)14-5-10-17-18(13-14)27-12-4-11-26-17/h5-10,13H,3-4,11-12H2,1-2H3,(H,21,23). The molecule has 0 saturated carbocycles. The van der Waals surface area contributed by atoms with Gasteiger partial charge >= 0.3 is 6.09 Å². The van der Waals surface area contributed by atoms with Crippen molar-refractivity contribution in [2.24, 2.45) is 0 Å². The number of hydrogen-bond acceptors (Lipinski definition) is 5. The van der Waals surface area contributed by atoms with Crippen molar-refractivity contribution < 1.29 is 23.8 Å². The Morgan fingerprint density at radius 2 is 1.78 bits per heavy atom. The van der Waals surface area contributed by atoms with E-state index in [9.17, 15) is 9.59 Å². The first-order valence-electron chi connectivity index (χ1n) is 8.80. The van der Waals surface area contributed by atoms with E-state index in [0.29, 0.717) is 48.3 Å². The molecule has 3 rings (SSSR count). The van der Waals surface area contributed by atoms with Crippen molar-refractivity contribution in [3.05, 3.63) is 48.0 Å². The molecular formula is C20H22N2O5. The molecule has 2 aromatic carbocycles. The van der Waals surface area contributed by atoms with Crippen molar-refractivity contribution in [1.29, 1.82) is 0 Å². The van der Waals surface area contributed by atoms with E-state index in [0.717, 1.165) is 6.42 Å². The number of hydrogen-bond donors (Lipinski definition) is 1. The summed E-state index contributed by atoms with van der Waals surface area (Å²) in [5, 5.41) is 2.83. The third-order valence-corrected chi connectivity index (χ3v) is 4.06. The zero-order valence-electron chi connectivity index (χ0n) is 15.4. The molecule has 1 aliphatic rings. The summed E-state index contributed by atoms with van der Waals surface area (Å²) >= 11 is 0. The van der Waals surface area contributed by atoms with E-state index < -0.39 is 6.09 Å². The largest absolute Gasteiger partial charge is 0.490 e. The highest BCUT2D eigenvalue weighted by Crippen LogP contribution is 2.30. The summed E-state index contributed by atoms with van der Waals surface area (Å²) in [5.41, 5.74) is 1.77. The predicted octanol–water partition coefficient (Wildman–Crippen LogP) is 3.69. The molecule has 2 aromatic rings. The summed E-state index contributed by atoms with van der Waals surface area (Å²) in [5.74, 6) is 0.971. The topological polar surface area (TPSA) is 77.1 Å². The molecule has 1 aliphatic heterocycles. The van der Waals surface area contributed by atoms with Crippen molar-refractivity contribution in [3.8, 4) is 11.5 Å². The average molecular weight is 370 g/mol. The van der Waals surface area contributed by atoms with Gasteiger partial charge < -0.3 is 19.5 Å². The molecule has 0 radical (unpaired) electrons. The Morgan fingerprint density at radius 3 is 2.48 bits per heavy atom. The van der Waals surface area contributed by atoms with Crippen LogP contribution in [0.15, 0.2) is 42.5 Å². The predicted molar refractivity (Wildman–Crippen MR) is 102 cm³/mol. The normalized spacial score (nSPS) is 12.7. The van der Waals surface area contributed by atoms with Crippen LogP contribution in [0.4, 0.5) is 16.2 Å². The summed E-state index contributed by atoms with van der Waals surface area (Å²) in [4.78, 5) is 25.7. The number of amides is 2. The highest BCUT2D eigenvalue weighted by molar-refractivity contribution is 6.04. The van der Waals surface area contributed by atoms with Crippen molar-refractivity contribution >= 4 is 23.4 Å². The van der Waals surface area contributed by atoms with E-state index in [1.807, 2.05) is 0 Å². The molecule has 0 unspecified atom stereocenters. The van der Waals surface area contributed by atoms with Gasteiger partial charge in [0.1, 0.15) is 0 Å². The third-order valence-electron chi connectivity index (χ3n) is 4.06. The van der Waals surface area contributed by atoms with E-state index in [1.165, 1.54) is 4.90 Å². The number of benzene rings is 2. The third kappa shape index (κ3) is 4.49. The number of anilines is 2. The highest BCUT2D eigenvalue weighted by Gasteiger charge is 2.15. The van der Waals surface area contributed by atoms with Gasteiger partial charge in [-0.2, -0.15) is 0 Å². The maximum absolute atomic E-state index is 12.5. The summed E-state index contributed by atoms with van der Waals surface area (Å²) in [6, 6.07) is 12.1. The van der Waals surface area contributed by atoms with Crippen LogP contribution in [-0.2, 0) is 4.74 Å². The molecule has 7 nitrogen and oxygen atoms in total. The lowest BCUT2D eigenvalue weighted by molar-refractivity contribution is 0.102. The number of nitrogens with one attached hydrogen (secondary N) is 1. The second-order valence-electron chi connectivity index (χ2n) is 5.97. The first-order chi connectivity index (χ1) is 13.1. The van der Waals surface area contributed by atoms with Crippen molar-refractivity contribution in [3.63, 3.8) is 0 Å². The Labute approximate surface area is 157 Å². The van der Waals surface area contributed by atoms with Crippen LogP contribution >= 0.6 is 0 Å². The van der Waals surface area contributed by atoms with Crippen LogP contribution in [-0.4, -0.2) is 38.9 Å². The number of fused-ring (bicyclic) bond motifs is 1. The molecule has 1 N–H and O–H groups in total. The molecule has 0 fully saturated rings. The quantitative estimate of drug-likeness (QED) is 0.888. The van der Waals surface area contributed by atoms with E-state index in [2.05, 4.69) is 5.32 Å². The van der Waals surface area contributed by atoms with Gasteiger partial charge in [-0.15, -0.1) is 0 Å². The lowest BCUT2D eigenvalue weighted by Crippen LogP contribution is -2.26. The Bertz CT molecular complexity index is 820. The first-order valence-corrected chi connectivity index (χ1v) is 8.80. The first kappa shape index (κ1) is 18.6. The number of nitrogens with zero attached hydrogens (tertiary/aromatic N) is 1. The molecule has 2 amide bonds. The molecular weight excluding hydrogens is 348 g/mol. The van der Waals surface area contributed by atoms with Gasteiger partial charge in [0, 0.05) is 30.4 Å². The number of carbonyl (C=O) groups excluding carboxylic acids is 2. The summed E-state index contributed by atoms with van der Waals surface area (Å²) in [7, 11) is 1.63. The van der Waals surface area contributed by atoms with Crippen LogP contribution in [0.3, 0.4) is 0 Å². The molecule has 1 heterocycles. The van der Waals surface area contributed by atoms with Crippen LogP contribution in [0.5, 0.6) is 11.5 Å². The fourth-order valence-electron chi connectivity index (χ4n) is 2.60. The summed E-state index contributed by atoms with van der Waals surface area (Å²) in [6.45, 7) is 3.23. The van der Waals surface area contributed by atoms with E-state index in [4.69, 9.17) is 14.2 Å². The van der Waals surface area contributed by atoms with Gasteiger partial charge in [-0.25, -0.2) is 4.79 Å². The molecule has 0 aromatic heterocycles. The Balaban J connectivity index is 1.67. The van der Waals surface area contributed by atoms with Crippen LogP contribution < -0.4 is 19.7 Å². The van der Waals surface area contributed by atoms with Gasteiger partial charge in [0.25, 0.3) is 5.91 Å². The minimum absolute atomic E-state index is 0.253. The van der Waals surface area contributed by atoms with Gasteiger partial charge in [-0.05, 0) is 49.4 Å².